The SMILES string of the molecule is O=C1c2ccccc2N(C2CCNCC2)CCN1CCCc1ccccc1. The van der Waals surface area contributed by atoms with Crippen LogP contribution in [0.2, 0.25) is 0 Å². The minimum Gasteiger partial charge on any atom is -0.366 e. The monoisotopic (exact) mass is 363 g/mol. The van der Waals surface area contributed by atoms with Crippen LogP contribution in [0.4, 0.5) is 5.69 Å². The van der Waals surface area contributed by atoms with Gasteiger partial charge in [-0.15, -0.1) is 0 Å². The third kappa shape index (κ3) is 4.16. The fourth-order valence-corrected chi connectivity index (χ4v) is 4.36. The first-order valence-corrected chi connectivity index (χ1v) is 10.2. The van der Waals surface area contributed by atoms with E-state index >= 15 is 0 Å². The van der Waals surface area contributed by atoms with Crippen molar-refractivity contribution in [3.8, 4) is 0 Å². The number of hydrogen-bond acceptors (Lipinski definition) is 3. The summed E-state index contributed by atoms with van der Waals surface area (Å²) >= 11 is 0. The predicted molar refractivity (Wildman–Crippen MR) is 110 cm³/mol. The lowest BCUT2D eigenvalue weighted by Crippen LogP contribution is -2.45. The highest BCUT2D eigenvalue weighted by Crippen LogP contribution is 2.29. The lowest BCUT2D eigenvalue weighted by atomic mass is 10.0. The lowest BCUT2D eigenvalue weighted by molar-refractivity contribution is 0.0764. The van der Waals surface area contributed by atoms with Gasteiger partial charge >= 0.3 is 0 Å². The Morgan fingerprint density at radius 1 is 0.926 bits per heavy atom. The largest absolute Gasteiger partial charge is 0.366 e. The summed E-state index contributed by atoms with van der Waals surface area (Å²) in [6.45, 7) is 4.70. The Labute approximate surface area is 162 Å². The molecule has 4 nitrogen and oxygen atoms in total. The molecular weight excluding hydrogens is 334 g/mol. The number of aryl methyl sites for hydroxylation is 1. The van der Waals surface area contributed by atoms with Crippen LogP contribution < -0.4 is 10.2 Å². The van der Waals surface area contributed by atoms with Gasteiger partial charge in [0.15, 0.2) is 0 Å². The van der Waals surface area contributed by atoms with Crippen LogP contribution in [-0.4, -0.2) is 49.6 Å². The average molecular weight is 364 g/mol. The van der Waals surface area contributed by atoms with Crippen molar-refractivity contribution in [3.63, 3.8) is 0 Å². The Bertz CT molecular complexity index is 755. The third-order valence-corrected chi connectivity index (χ3v) is 5.83. The molecule has 4 heteroatoms. The van der Waals surface area contributed by atoms with Gasteiger partial charge in [0.2, 0.25) is 0 Å². The van der Waals surface area contributed by atoms with E-state index in [2.05, 4.69) is 51.5 Å². The first kappa shape index (κ1) is 18.1. The van der Waals surface area contributed by atoms with Crippen molar-refractivity contribution < 1.29 is 4.79 Å². The van der Waals surface area contributed by atoms with Crippen molar-refractivity contribution in [2.24, 2.45) is 0 Å². The van der Waals surface area contributed by atoms with Gasteiger partial charge in [0.05, 0.1) is 5.56 Å². The van der Waals surface area contributed by atoms with Crippen LogP contribution in [0.5, 0.6) is 0 Å². The standard InChI is InChI=1S/C23H29N3O/c27-23-21-10-4-5-11-22(21)26(20-12-14-24-15-13-20)18-17-25(23)16-6-9-19-7-2-1-3-8-19/h1-5,7-8,10-11,20,24H,6,9,12-18H2. The summed E-state index contributed by atoms with van der Waals surface area (Å²) in [5.74, 6) is 0.190. The highest BCUT2D eigenvalue weighted by Gasteiger charge is 2.30. The molecule has 2 aromatic carbocycles. The van der Waals surface area contributed by atoms with E-state index in [-0.39, 0.29) is 5.91 Å². The second-order valence-corrected chi connectivity index (χ2v) is 7.57. The van der Waals surface area contributed by atoms with E-state index in [1.807, 2.05) is 18.2 Å². The summed E-state index contributed by atoms with van der Waals surface area (Å²) in [5, 5.41) is 3.45. The maximum Gasteiger partial charge on any atom is 0.256 e. The molecular formula is C23H29N3O. The molecule has 1 amide bonds. The zero-order valence-corrected chi connectivity index (χ0v) is 15.9. The minimum absolute atomic E-state index is 0.190. The first-order chi connectivity index (χ1) is 13.3. The molecule has 0 aromatic heterocycles. The van der Waals surface area contributed by atoms with Crippen LogP contribution in [0.15, 0.2) is 54.6 Å². The molecule has 0 aliphatic carbocycles. The van der Waals surface area contributed by atoms with Crippen LogP contribution in [0, 0.1) is 0 Å². The number of amides is 1. The number of carbonyl (C=O) groups excluding carboxylic acids is 1. The molecule has 0 atom stereocenters. The fraction of sp³-hybridized carbons (Fsp3) is 0.435. The third-order valence-electron chi connectivity index (χ3n) is 5.83. The first-order valence-electron chi connectivity index (χ1n) is 10.2. The van der Waals surface area contributed by atoms with E-state index in [9.17, 15) is 4.79 Å². The Morgan fingerprint density at radius 3 is 2.48 bits per heavy atom. The van der Waals surface area contributed by atoms with Gasteiger partial charge in [0, 0.05) is 31.4 Å². The molecule has 1 N–H and O–H groups in total. The fourth-order valence-electron chi connectivity index (χ4n) is 4.36. The van der Waals surface area contributed by atoms with E-state index in [0.717, 1.165) is 69.7 Å². The molecule has 0 radical (unpaired) electrons. The van der Waals surface area contributed by atoms with Gasteiger partial charge in [-0.1, -0.05) is 42.5 Å². The van der Waals surface area contributed by atoms with Gasteiger partial charge in [0.25, 0.3) is 5.91 Å². The molecule has 0 spiro atoms. The predicted octanol–water partition coefficient (Wildman–Crippen LogP) is 3.33. The van der Waals surface area contributed by atoms with Crippen LogP contribution in [0.3, 0.4) is 0 Å². The van der Waals surface area contributed by atoms with Crippen LogP contribution >= 0.6 is 0 Å². The van der Waals surface area contributed by atoms with Crippen LogP contribution in [-0.2, 0) is 6.42 Å². The number of carbonyl (C=O) groups is 1. The van der Waals surface area contributed by atoms with E-state index in [1.165, 1.54) is 5.56 Å². The number of nitrogens with zero attached hydrogens (tertiary/aromatic N) is 2. The number of fused-ring (bicyclic) bond motifs is 1. The zero-order chi connectivity index (χ0) is 18.5. The zero-order valence-electron chi connectivity index (χ0n) is 15.9. The number of nitrogens with one attached hydrogen (secondary N) is 1. The average Bonchev–Trinajstić information content (AvgIpc) is 2.87. The normalized spacial score (nSPS) is 18.3. The summed E-state index contributed by atoms with van der Waals surface area (Å²) in [7, 11) is 0. The minimum atomic E-state index is 0.190. The number of benzene rings is 2. The number of piperidine rings is 1. The number of para-hydroxylation sites is 1. The Balaban J connectivity index is 1.47. The van der Waals surface area contributed by atoms with E-state index in [1.54, 1.807) is 0 Å². The molecule has 4 rings (SSSR count). The van der Waals surface area contributed by atoms with Gasteiger partial charge in [-0.05, 0) is 56.5 Å². The van der Waals surface area contributed by atoms with Crippen molar-refractivity contribution in [3.05, 3.63) is 65.7 Å². The molecule has 142 valence electrons. The smallest absolute Gasteiger partial charge is 0.256 e. The highest BCUT2D eigenvalue weighted by atomic mass is 16.2. The highest BCUT2D eigenvalue weighted by molar-refractivity contribution is 6.00. The Kier molecular flexibility index (Phi) is 5.73. The second-order valence-electron chi connectivity index (χ2n) is 7.57. The quantitative estimate of drug-likeness (QED) is 0.885. The van der Waals surface area contributed by atoms with Gasteiger partial charge in [-0.25, -0.2) is 0 Å². The van der Waals surface area contributed by atoms with Crippen molar-refractivity contribution in [1.82, 2.24) is 10.2 Å². The second kappa shape index (κ2) is 8.57. The summed E-state index contributed by atoms with van der Waals surface area (Å²) in [6, 6.07) is 19.3. The van der Waals surface area contributed by atoms with Gasteiger partial charge < -0.3 is 15.1 Å². The Morgan fingerprint density at radius 2 is 1.67 bits per heavy atom. The molecule has 1 saturated heterocycles. The summed E-state index contributed by atoms with van der Waals surface area (Å²) in [6.07, 6.45) is 4.32. The summed E-state index contributed by atoms with van der Waals surface area (Å²) < 4.78 is 0. The molecule has 2 heterocycles. The molecule has 2 aromatic rings. The summed E-state index contributed by atoms with van der Waals surface area (Å²) in [4.78, 5) is 17.7. The van der Waals surface area contributed by atoms with Crippen molar-refractivity contribution >= 4 is 11.6 Å². The van der Waals surface area contributed by atoms with E-state index < -0.39 is 0 Å². The van der Waals surface area contributed by atoms with Gasteiger partial charge in [-0.2, -0.15) is 0 Å². The molecule has 1 fully saturated rings. The molecule has 0 bridgehead atoms. The summed E-state index contributed by atoms with van der Waals surface area (Å²) in [5.41, 5.74) is 3.34. The number of anilines is 1. The van der Waals surface area contributed by atoms with E-state index in [0.29, 0.717) is 6.04 Å². The van der Waals surface area contributed by atoms with E-state index in [4.69, 9.17) is 0 Å². The van der Waals surface area contributed by atoms with Crippen LogP contribution in [0.25, 0.3) is 0 Å². The maximum atomic E-state index is 13.2. The lowest BCUT2D eigenvalue weighted by Gasteiger charge is -2.36. The van der Waals surface area contributed by atoms with Gasteiger partial charge in [0.1, 0.15) is 0 Å². The number of hydrogen-bond donors (Lipinski definition) is 1. The Hall–Kier alpha value is -2.33. The van der Waals surface area contributed by atoms with Gasteiger partial charge in [-0.3, -0.25) is 4.79 Å². The van der Waals surface area contributed by atoms with Crippen molar-refractivity contribution in [2.75, 3.05) is 37.6 Å². The molecule has 2 aliphatic rings. The number of rotatable bonds is 5. The van der Waals surface area contributed by atoms with Crippen LogP contribution in [0.1, 0.15) is 35.2 Å². The maximum absolute atomic E-state index is 13.2. The molecule has 2 aliphatic heterocycles. The van der Waals surface area contributed by atoms with Crippen molar-refractivity contribution in [1.29, 1.82) is 0 Å². The topological polar surface area (TPSA) is 35.6 Å². The molecule has 0 saturated carbocycles. The molecule has 0 unspecified atom stereocenters. The molecule has 27 heavy (non-hydrogen) atoms. The van der Waals surface area contributed by atoms with Crippen molar-refractivity contribution in [2.45, 2.75) is 31.7 Å².